The van der Waals surface area contributed by atoms with E-state index in [1.807, 2.05) is 60.3 Å². The van der Waals surface area contributed by atoms with Crippen molar-refractivity contribution in [3.63, 3.8) is 0 Å². The number of hydrogen-bond acceptors (Lipinski definition) is 4. The minimum atomic E-state index is 0.622. The van der Waals surface area contributed by atoms with Gasteiger partial charge in [-0.05, 0) is 18.4 Å². The number of hydrogen-bond donors (Lipinski definition) is 0. The molecule has 0 aliphatic heterocycles. The Hall–Kier alpha value is -1.93. The fraction of sp³-hybridized carbons (Fsp3) is 0.231. The third-order valence-electron chi connectivity index (χ3n) is 2.56. The van der Waals surface area contributed by atoms with Crippen LogP contribution in [0.5, 0.6) is 0 Å². The number of benzene rings is 1. The molecule has 0 bridgehead atoms. The second-order valence-electron chi connectivity index (χ2n) is 3.96. The monoisotopic (exact) mass is 258 g/mol. The summed E-state index contributed by atoms with van der Waals surface area (Å²) in [5.74, 6) is 0.813. The molecule has 0 fully saturated rings. The summed E-state index contributed by atoms with van der Waals surface area (Å²) in [5.41, 5.74) is 1.58. The summed E-state index contributed by atoms with van der Waals surface area (Å²) >= 11 is 1.49. The Kier molecular flexibility index (Phi) is 3.58. The molecule has 92 valence electrons. The van der Waals surface area contributed by atoms with Crippen LogP contribution >= 0.6 is 11.8 Å². The predicted octanol–water partition coefficient (Wildman–Crippen LogP) is 2.53. The third kappa shape index (κ3) is 2.07. The van der Waals surface area contributed by atoms with E-state index in [1.165, 1.54) is 11.8 Å². The molecule has 0 aliphatic rings. The molecule has 2 aromatic rings. The molecule has 1 aromatic heterocycles. The fourth-order valence-electron chi connectivity index (χ4n) is 1.79. The zero-order valence-corrected chi connectivity index (χ0v) is 11.4. The number of nitrogens with zero attached hydrogens (tertiary/aromatic N) is 4. The van der Waals surface area contributed by atoms with Gasteiger partial charge in [-0.3, -0.25) is 0 Å². The van der Waals surface area contributed by atoms with Crippen LogP contribution in [0.25, 0.3) is 5.69 Å². The number of aromatic nitrogens is 2. The van der Waals surface area contributed by atoms with Crippen LogP contribution in [0.15, 0.2) is 35.4 Å². The molecule has 5 heteroatoms. The lowest BCUT2D eigenvalue weighted by atomic mass is 10.3. The third-order valence-corrected chi connectivity index (χ3v) is 3.23. The van der Waals surface area contributed by atoms with E-state index in [2.05, 4.69) is 11.2 Å². The minimum absolute atomic E-state index is 0.622. The van der Waals surface area contributed by atoms with Crippen LogP contribution in [0.1, 0.15) is 5.56 Å². The van der Waals surface area contributed by atoms with E-state index in [-0.39, 0.29) is 0 Å². The molecule has 18 heavy (non-hydrogen) atoms. The van der Waals surface area contributed by atoms with Crippen molar-refractivity contribution < 1.29 is 0 Å². The lowest BCUT2D eigenvalue weighted by Gasteiger charge is -2.15. The highest BCUT2D eigenvalue weighted by Gasteiger charge is 2.19. The van der Waals surface area contributed by atoms with Gasteiger partial charge in [0.15, 0.2) is 5.82 Å². The lowest BCUT2D eigenvalue weighted by Crippen LogP contribution is -2.15. The second kappa shape index (κ2) is 5.15. The first-order valence-corrected chi connectivity index (χ1v) is 6.71. The molecule has 0 radical (unpaired) electrons. The summed E-state index contributed by atoms with van der Waals surface area (Å²) in [6.07, 6.45) is 1.93. The Morgan fingerprint density at radius 3 is 2.44 bits per heavy atom. The van der Waals surface area contributed by atoms with Gasteiger partial charge in [-0.1, -0.05) is 18.2 Å². The molecule has 0 saturated heterocycles. The fourth-order valence-corrected chi connectivity index (χ4v) is 2.30. The first kappa shape index (κ1) is 12.5. The van der Waals surface area contributed by atoms with Crippen molar-refractivity contribution in [2.45, 2.75) is 5.03 Å². The van der Waals surface area contributed by atoms with Gasteiger partial charge in [-0.2, -0.15) is 10.4 Å². The van der Waals surface area contributed by atoms with Crippen LogP contribution in [0.2, 0.25) is 0 Å². The number of para-hydroxylation sites is 1. The second-order valence-corrected chi connectivity index (χ2v) is 4.76. The number of nitriles is 1. The summed E-state index contributed by atoms with van der Waals surface area (Å²) < 4.78 is 1.81. The Morgan fingerprint density at radius 1 is 1.28 bits per heavy atom. The quantitative estimate of drug-likeness (QED) is 0.794. The van der Waals surface area contributed by atoms with Crippen molar-refractivity contribution in [3.05, 3.63) is 35.9 Å². The smallest absolute Gasteiger partial charge is 0.151 e. The van der Waals surface area contributed by atoms with E-state index in [0.717, 1.165) is 16.5 Å². The van der Waals surface area contributed by atoms with Gasteiger partial charge in [0.05, 0.1) is 5.69 Å². The molecule has 0 N–H and O–H groups in total. The Bertz CT molecular complexity index is 581. The van der Waals surface area contributed by atoms with Gasteiger partial charge in [0, 0.05) is 14.1 Å². The average Bonchev–Trinajstić information content (AvgIpc) is 2.78. The van der Waals surface area contributed by atoms with Crippen molar-refractivity contribution in [3.8, 4) is 11.8 Å². The Labute approximate surface area is 111 Å². The van der Waals surface area contributed by atoms with Crippen molar-refractivity contribution in [2.24, 2.45) is 0 Å². The van der Waals surface area contributed by atoms with E-state index in [1.54, 1.807) is 0 Å². The highest BCUT2D eigenvalue weighted by Crippen LogP contribution is 2.30. The summed E-state index contributed by atoms with van der Waals surface area (Å²) in [4.78, 5) is 1.91. The van der Waals surface area contributed by atoms with Crippen molar-refractivity contribution in [1.82, 2.24) is 9.78 Å². The highest BCUT2D eigenvalue weighted by molar-refractivity contribution is 7.98. The summed E-state index contributed by atoms with van der Waals surface area (Å²) in [6.45, 7) is 0. The van der Waals surface area contributed by atoms with Crippen LogP contribution in [0.3, 0.4) is 0 Å². The van der Waals surface area contributed by atoms with Gasteiger partial charge in [-0.15, -0.1) is 11.8 Å². The van der Waals surface area contributed by atoms with Gasteiger partial charge in [0.2, 0.25) is 0 Å². The minimum Gasteiger partial charge on any atom is -0.361 e. The van der Waals surface area contributed by atoms with Crippen molar-refractivity contribution >= 4 is 17.6 Å². The molecule has 0 atom stereocenters. The molecule has 2 rings (SSSR count). The number of rotatable bonds is 3. The van der Waals surface area contributed by atoms with Gasteiger partial charge >= 0.3 is 0 Å². The molecule has 0 amide bonds. The maximum Gasteiger partial charge on any atom is 0.151 e. The van der Waals surface area contributed by atoms with E-state index in [9.17, 15) is 5.26 Å². The molecule has 4 nitrogen and oxygen atoms in total. The van der Waals surface area contributed by atoms with Crippen LogP contribution in [0, 0.1) is 11.3 Å². The predicted molar refractivity (Wildman–Crippen MR) is 74.4 cm³/mol. The standard InChI is InChI=1S/C13H14N4S/c1-16(2)13-11(9-14)12(18-3)15-17(13)10-7-5-4-6-8-10/h4-8H,1-3H3. The van der Waals surface area contributed by atoms with Crippen LogP contribution in [-0.2, 0) is 0 Å². The average molecular weight is 258 g/mol. The maximum absolute atomic E-state index is 9.30. The molecule has 1 aromatic carbocycles. The highest BCUT2D eigenvalue weighted by atomic mass is 32.2. The van der Waals surface area contributed by atoms with E-state index >= 15 is 0 Å². The summed E-state index contributed by atoms with van der Waals surface area (Å²) in [6, 6.07) is 12.1. The summed E-state index contributed by atoms with van der Waals surface area (Å²) in [5, 5.41) is 14.6. The normalized spacial score (nSPS) is 10.1. The zero-order chi connectivity index (χ0) is 13.1. The Morgan fingerprint density at radius 2 is 1.94 bits per heavy atom. The topological polar surface area (TPSA) is 44.9 Å². The van der Waals surface area contributed by atoms with Gasteiger partial charge in [0.1, 0.15) is 16.7 Å². The molecule has 0 spiro atoms. The zero-order valence-electron chi connectivity index (χ0n) is 10.6. The molecule has 0 saturated carbocycles. The van der Waals surface area contributed by atoms with Gasteiger partial charge in [-0.25, -0.2) is 4.68 Å². The van der Waals surface area contributed by atoms with Gasteiger partial charge in [0.25, 0.3) is 0 Å². The van der Waals surface area contributed by atoms with Crippen molar-refractivity contribution in [1.29, 1.82) is 5.26 Å². The van der Waals surface area contributed by atoms with E-state index < -0.39 is 0 Å². The summed E-state index contributed by atoms with van der Waals surface area (Å²) in [7, 11) is 3.84. The maximum atomic E-state index is 9.30. The first-order valence-electron chi connectivity index (χ1n) is 5.49. The molecule has 0 aliphatic carbocycles. The Balaban J connectivity index is 2.68. The lowest BCUT2D eigenvalue weighted by molar-refractivity contribution is 0.822. The molecule has 1 heterocycles. The molecular weight excluding hydrogens is 244 g/mol. The van der Waals surface area contributed by atoms with Gasteiger partial charge < -0.3 is 4.90 Å². The number of anilines is 1. The van der Waals surface area contributed by atoms with Crippen LogP contribution in [0.4, 0.5) is 5.82 Å². The van der Waals surface area contributed by atoms with Crippen LogP contribution in [-0.4, -0.2) is 30.1 Å². The molecular formula is C13H14N4S. The van der Waals surface area contributed by atoms with Crippen molar-refractivity contribution in [2.75, 3.05) is 25.3 Å². The molecule has 0 unspecified atom stereocenters. The SMILES string of the molecule is CSc1nn(-c2ccccc2)c(N(C)C)c1C#N. The number of thioether (sulfide) groups is 1. The van der Waals surface area contributed by atoms with E-state index in [0.29, 0.717) is 5.56 Å². The first-order chi connectivity index (χ1) is 8.69. The van der Waals surface area contributed by atoms with Crippen LogP contribution < -0.4 is 4.90 Å². The van der Waals surface area contributed by atoms with E-state index in [4.69, 9.17) is 0 Å². The largest absolute Gasteiger partial charge is 0.361 e.